The molecule has 0 rings (SSSR count). The van der Waals surface area contributed by atoms with Gasteiger partial charge in [0.2, 0.25) is 0 Å². The molecule has 0 saturated carbocycles. The average Bonchev–Trinajstić information content (AvgIpc) is 2.78. The Morgan fingerprint density at radius 2 is 0.935 bits per heavy atom. The van der Waals surface area contributed by atoms with Gasteiger partial charge in [0, 0.05) is 0 Å². The fourth-order valence-electron chi connectivity index (χ4n) is 4.42. The SMILES string of the molecule is CCCCCCCCCCCC(C)C(=O)OCC(CCCC)CCCCCCCCC. The van der Waals surface area contributed by atoms with Gasteiger partial charge in [-0.15, -0.1) is 0 Å². The van der Waals surface area contributed by atoms with Crippen molar-refractivity contribution < 1.29 is 9.53 Å². The number of ether oxygens (including phenoxy) is 1. The number of hydrogen-bond acceptors (Lipinski definition) is 2. The van der Waals surface area contributed by atoms with Crippen LogP contribution < -0.4 is 0 Å². The topological polar surface area (TPSA) is 26.3 Å². The number of hydrogen-bond donors (Lipinski definition) is 0. The zero-order chi connectivity index (χ0) is 23.0. The zero-order valence-corrected chi connectivity index (χ0v) is 22.0. The summed E-state index contributed by atoms with van der Waals surface area (Å²) in [6.07, 6.45) is 27.4. The predicted molar refractivity (Wildman–Crippen MR) is 138 cm³/mol. The van der Waals surface area contributed by atoms with Crippen LogP contribution in [0.1, 0.15) is 163 Å². The lowest BCUT2D eigenvalue weighted by atomic mass is 9.95. The van der Waals surface area contributed by atoms with Gasteiger partial charge in [-0.05, 0) is 25.2 Å². The molecule has 0 N–H and O–H groups in total. The monoisotopic (exact) mass is 438 g/mol. The van der Waals surface area contributed by atoms with Gasteiger partial charge < -0.3 is 4.74 Å². The number of carbonyl (C=O) groups excluding carboxylic acids is 1. The fraction of sp³-hybridized carbons (Fsp3) is 0.966. The molecule has 0 aliphatic heterocycles. The third-order valence-electron chi connectivity index (χ3n) is 6.79. The lowest BCUT2D eigenvalue weighted by Crippen LogP contribution is -2.19. The maximum absolute atomic E-state index is 12.4. The Hall–Kier alpha value is -0.530. The van der Waals surface area contributed by atoms with Crippen LogP contribution in [0.3, 0.4) is 0 Å². The van der Waals surface area contributed by atoms with E-state index in [1.807, 2.05) is 0 Å². The number of rotatable bonds is 24. The van der Waals surface area contributed by atoms with Crippen molar-refractivity contribution in [1.29, 1.82) is 0 Å². The van der Waals surface area contributed by atoms with Gasteiger partial charge in [-0.25, -0.2) is 0 Å². The molecule has 0 fully saturated rings. The molecule has 186 valence electrons. The van der Waals surface area contributed by atoms with E-state index in [1.165, 1.54) is 128 Å². The van der Waals surface area contributed by atoms with Crippen LogP contribution in [0, 0.1) is 11.8 Å². The highest BCUT2D eigenvalue weighted by Crippen LogP contribution is 2.20. The molecule has 0 spiro atoms. The first kappa shape index (κ1) is 30.5. The van der Waals surface area contributed by atoms with Gasteiger partial charge in [-0.2, -0.15) is 0 Å². The van der Waals surface area contributed by atoms with Crippen molar-refractivity contribution in [2.75, 3.05) is 6.61 Å². The van der Waals surface area contributed by atoms with Crippen LogP contribution in [0.4, 0.5) is 0 Å². The summed E-state index contributed by atoms with van der Waals surface area (Å²) in [6, 6.07) is 0. The van der Waals surface area contributed by atoms with Crippen molar-refractivity contribution in [1.82, 2.24) is 0 Å². The maximum atomic E-state index is 12.4. The van der Waals surface area contributed by atoms with E-state index in [0.717, 1.165) is 6.42 Å². The van der Waals surface area contributed by atoms with E-state index in [0.29, 0.717) is 12.5 Å². The lowest BCUT2D eigenvalue weighted by molar-refractivity contribution is -0.149. The van der Waals surface area contributed by atoms with E-state index in [2.05, 4.69) is 27.7 Å². The first-order chi connectivity index (χ1) is 15.2. The van der Waals surface area contributed by atoms with Crippen molar-refractivity contribution in [3.63, 3.8) is 0 Å². The summed E-state index contributed by atoms with van der Waals surface area (Å²) in [5.41, 5.74) is 0. The molecule has 2 atom stereocenters. The summed E-state index contributed by atoms with van der Waals surface area (Å²) >= 11 is 0. The summed E-state index contributed by atoms with van der Waals surface area (Å²) in [4.78, 5) is 12.4. The molecule has 2 unspecified atom stereocenters. The minimum atomic E-state index is 0.0422. The molecule has 0 aliphatic rings. The second kappa shape index (κ2) is 24.1. The van der Waals surface area contributed by atoms with Crippen LogP contribution in [0.15, 0.2) is 0 Å². The van der Waals surface area contributed by atoms with E-state index in [1.54, 1.807) is 0 Å². The summed E-state index contributed by atoms with van der Waals surface area (Å²) in [7, 11) is 0. The molecule has 2 heteroatoms. The number of esters is 1. The third-order valence-corrected chi connectivity index (χ3v) is 6.79. The Morgan fingerprint density at radius 1 is 0.548 bits per heavy atom. The van der Waals surface area contributed by atoms with Crippen molar-refractivity contribution >= 4 is 5.97 Å². The molecule has 0 aliphatic carbocycles. The molecular formula is C29H58O2. The highest BCUT2D eigenvalue weighted by molar-refractivity contribution is 5.71. The maximum Gasteiger partial charge on any atom is 0.308 e. The predicted octanol–water partition coefficient (Wildman–Crippen LogP) is 10.0. The van der Waals surface area contributed by atoms with Gasteiger partial charge in [0.15, 0.2) is 0 Å². The Morgan fingerprint density at radius 3 is 1.42 bits per heavy atom. The Balaban J connectivity index is 3.85. The molecular weight excluding hydrogens is 380 g/mol. The molecule has 2 nitrogen and oxygen atoms in total. The zero-order valence-electron chi connectivity index (χ0n) is 22.0. The Kier molecular flexibility index (Phi) is 23.7. The Labute approximate surface area is 196 Å². The van der Waals surface area contributed by atoms with Crippen molar-refractivity contribution in [3.05, 3.63) is 0 Å². The van der Waals surface area contributed by atoms with Crippen molar-refractivity contribution in [2.45, 2.75) is 163 Å². The minimum Gasteiger partial charge on any atom is -0.465 e. The van der Waals surface area contributed by atoms with Crippen molar-refractivity contribution in [3.8, 4) is 0 Å². The number of unbranched alkanes of at least 4 members (excludes halogenated alkanes) is 15. The van der Waals surface area contributed by atoms with E-state index in [4.69, 9.17) is 4.74 Å². The second-order valence-corrected chi connectivity index (χ2v) is 10.1. The van der Waals surface area contributed by atoms with Crippen LogP contribution in [0.2, 0.25) is 0 Å². The summed E-state index contributed by atoms with van der Waals surface area (Å²) in [6.45, 7) is 9.51. The van der Waals surface area contributed by atoms with E-state index in [-0.39, 0.29) is 11.9 Å². The standard InChI is InChI=1S/C29H58O2/c1-5-8-11-13-15-16-18-19-21-23-27(4)29(30)31-26-28(24-10-7-3)25-22-20-17-14-12-9-6-2/h27-28H,5-26H2,1-4H3. The van der Waals surface area contributed by atoms with Crippen LogP contribution in [0.5, 0.6) is 0 Å². The largest absolute Gasteiger partial charge is 0.465 e. The van der Waals surface area contributed by atoms with Gasteiger partial charge in [0.25, 0.3) is 0 Å². The van der Waals surface area contributed by atoms with Crippen LogP contribution >= 0.6 is 0 Å². The molecule has 31 heavy (non-hydrogen) atoms. The molecule has 0 aromatic rings. The lowest BCUT2D eigenvalue weighted by Gasteiger charge is -2.18. The normalized spacial score (nSPS) is 13.3. The van der Waals surface area contributed by atoms with E-state index >= 15 is 0 Å². The molecule has 0 bridgehead atoms. The average molecular weight is 439 g/mol. The summed E-state index contributed by atoms with van der Waals surface area (Å²) in [5.74, 6) is 0.676. The van der Waals surface area contributed by atoms with Gasteiger partial charge in [-0.3, -0.25) is 4.79 Å². The first-order valence-corrected chi connectivity index (χ1v) is 14.3. The highest BCUT2D eigenvalue weighted by atomic mass is 16.5. The van der Waals surface area contributed by atoms with Crippen LogP contribution in [-0.4, -0.2) is 12.6 Å². The van der Waals surface area contributed by atoms with Crippen LogP contribution in [0.25, 0.3) is 0 Å². The smallest absolute Gasteiger partial charge is 0.308 e. The third kappa shape index (κ3) is 21.1. The minimum absolute atomic E-state index is 0.0422. The molecule has 0 heterocycles. The quantitative estimate of drug-likeness (QED) is 0.111. The highest BCUT2D eigenvalue weighted by Gasteiger charge is 2.17. The summed E-state index contributed by atoms with van der Waals surface area (Å²) < 4.78 is 5.77. The molecule has 0 aromatic carbocycles. The first-order valence-electron chi connectivity index (χ1n) is 14.3. The van der Waals surface area contributed by atoms with Crippen molar-refractivity contribution in [2.24, 2.45) is 11.8 Å². The molecule has 0 radical (unpaired) electrons. The van der Waals surface area contributed by atoms with Crippen LogP contribution in [-0.2, 0) is 9.53 Å². The second-order valence-electron chi connectivity index (χ2n) is 10.1. The number of carbonyl (C=O) groups is 1. The fourth-order valence-corrected chi connectivity index (χ4v) is 4.42. The van der Waals surface area contributed by atoms with Gasteiger partial charge in [-0.1, -0.05) is 143 Å². The Bertz CT molecular complexity index is 366. The van der Waals surface area contributed by atoms with E-state index < -0.39 is 0 Å². The summed E-state index contributed by atoms with van der Waals surface area (Å²) in [5, 5.41) is 0. The molecule has 0 aromatic heterocycles. The van der Waals surface area contributed by atoms with Gasteiger partial charge in [0.05, 0.1) is 12.5 Å². The van der Waals surface area contributed by atoms with Gasteiger partial charge >= 0.3 is 5.97 Å². The van der Waals surface area contributed by atoms with Gasteiger partial charge in [0.1, 0.15) is 0 Å². The molecule has 0 amide bonds. The van der Waals surface area contributed by atoms with E-state index in [9.17, 15) is 4.79 Å². The molecule has 0 saturated heterocycles.